The minimum atomic E-state index is -3.92. The van der Waals surface area contributed by atoms with Crippen molar-refractivity contribution in [3.05, 3.63) is 106 Å². The fourth-order valence-electron chi connectivity index (χ4n) is 3.39. The minimum Gasteiger partial charge on any atom is -0.322 e. The van der Waals surface area contributed by atoms with Crippen molar-refractivity contribution in [1.29, 1.82) is 0 Å². The summed E-state index contributed by atoms with van der Waals surface area (Å²) in [6, 6.07) is 18.5. The summed E-state index contributed by atoms with van der Waals surface area (Å²) in [6.45, 7) is 4.40. The summed E-state index contributed by atoms with van der Waals surface area (Å²) in [5.41, 5.74) is 4.03. The average molecular weight is 495 g/mol. The summed E-state index contributed by atoms with van der Waals surface area (Å²) in [4.78, 5) is 12.9. The molecule has 1 amide bonds. The normalized spacial score (nSPS) is 11.3. The lowest BCUT2D eigenvalue weighted by atomic mass is 10.1. The van der Waals surface area contributed by atoms with Crippen LogP contribution in [-0.2, 0) is 16.6 Å². The highest BCUT2D eigenvalue weighted by Gasteiger charge is 2.19. The number of carbonyl (C=O) groups excluding carboxylic acids is 1. The van der Waals surface area contributed by atoms with E-state index in [9.17, 15) is 13.2 Å². The predicted octanol–water partition coefficient (Wildman–Crippen LogP) is 5.25. The standard InChI is InChI=1S/C25H23ClN4O3S/c1-17-7-8-21(13-18(17)2)29-34(32,33)22-9-10-24(26)23(15-22)25(31)28-20-6-3-5-19(14-20)16-30-12-4-11-27-30/h3-15,29H,16H2,1-2H3,(H,28,31). The summed E-state index contributed by atoms with van der Waals surface area (Å²) >= 11 is 6.24. The summed E-state index contributed by atoms with van der Waals surface area (Å²) in [7, 11) is -3.92. The van der Waals surface area contributed by atoms with Crippen LogP contribution in [0.1, 0.15) is 27.0 Å². The van der Waals surface area contributed by atoms with Crippen LogP contribution in [0.4, 0.5) is 11.4 Å². The van der Waals surface area contributed by atoms with E-state index in [0.29, 0.717) is 17.9 Å². The van der Waals surface area contributed by atoms with Crippen molar-refractivity contribution in [1.82, 2.24) is 9.78 Å². The molecule has 1 heterocycles. The number of aromatic nitrogens is 2. The molecule has 0 unspecified atom stereocenters. The van der Waals surface area contributed by atoms with Gasteiger partial charge in [0.05, 0.1) is 22.0 Å². The zero-order valence-electron chi connectivity index (χ0n) is 18.6. The van der Waals surface area contributed by atoms with Crippen molar-refractivity contribution in [2.24, 2.45) is 0 Å². The van der Waals surface area contributed by atoms with E-state index in [1.165, 1.54) is 18.2 Å². The third-order valence-corrected chi connectivity index (χ3v) is 7.05. The van der Waals surface area contributed by atoms with Crippen LogP contribution < -0.4 is 10.0 Å². The molecule has 0 saturated carbocycles. The molecule has 174 valence electrons. The van der Waals surface area contributed by atoms with E-state index in [1.54, 1.807) is 29.1 Å². The Labute approximate surface area is 203 Å². The van der Waals surface area contributed by atoms with Gasteiger partial charge in [-0.1, -0.05) is 29.8 Å². The van der Waals surface area contributed by atoms with E-state index >= 15 is 0 Å². The Kier molecular flexibility index (Phi) is 6.72. The average Bonchev–Trinajstić information content (AvgIpc) is 3.29. The number of benzene rings is 3. The third kappa shape index (κ3) is 5.47. The van der Waals surface area contributed by atoms with Gasteiger partial charge in [-0.05, 0) is 79.1 Å². The number of hydrogen-bond acceptors (Lipinski definition) is 4. The van der Waals surface area contributed by atoms with Gasteiger partial charge in [-0.25, -0.2) is 8.42 Å². The first kappa shape index (κ1) is 23.5. The van der Waals surface area contributed by atoms with Crippen molar-refractivity contribution in [3.8, 4) is 0 Å². The van der Waals surface area contributed by atoms with Crippen LogP contribution in [0, 0.1) is 13.8 Å². The van der Waals surface area contributed by atoms with Crippen molar-refractivity contribution < 1.29 is 13.2 Å². The number of carbonyl (C=O) groups is 1. The molecule has 0 saturated heterocycles. The Morgan fingerprint density at radius 3 is 2.53 bits per heavy atom. The lowest BCUT2D eigenvalue weighted by molar-refractivity contribution is 0.102. The van der Waals surface area contributed by atoms with Gasteiger partial charge in [-0.15, -0.1) is 0 Å². The summed E-state index contributed by atoms with van der Waals surface area (Å²) in [5.74, 6) is -0.510. The molecule has 2 N–H and O–H groups in total. The highest BCUT2D eigenvalue weighted by Crippen LogP contribution is 2.25. The van der Waals surface area contributed by atoms with E-state index < -0.39 is 15.9 Å². The number of nitrogens with zero attached hydrogens (tertiary/aromatic N) is 2. The van der Waals surface area contributed by atoms with Gasteiger partial charge < -0.3 is 5.32 Å². The van der Waals surface area contributed by atoms with E-state index in [2.05, 4.69) is 15.1 Å². The van der Waals surface area contributed by atoms with Gasteiger partial charge in [0.25, 0.3) is 15.9 Å². The van der Waals surface area contributed by atoms with Gasteiger partial charge in [0.15, 0.2) is 0 Å². The summed E-state index contributed by atoms with van der Waals surface area (Å²) in [5, 5.41) is 7.12. The number of hydrogen-bond donors (Lipinski definition) is 2. The van der Waals surface area contributed by atoms with E-state index in [-0.39, 0.29) is 15.5 Å². The molecule has 4 aromatic rings. The topological polar surface area (TPSA) is 93.1 Å². The molecule has 0 radical (unpaired) electrons. The Morgan fingerprint density at radius 1 is 0.971 bits per heavy atom. The highest BCUT2D eigenvalue weighted by atomic mass is 35.5. The van der Waals surface area contributed by atoms with Crippen LogP contribution in [-0.4, -0.2) is 24.1 Å². The predicted molar refractivity (Wildman–Crippen MR) is 134 cm³/mol. The molecular formula is C25H23ClN4O3S. The molecule has 7 nitrogen and oxygen atoms in total. The second-order valence-corrected chi connectivity index (χ2v) is 9.99. The Hall–Kier alpha value is -3.62. The Bertz CT molecular complexity index is 1450. The molecule has 0 bridgehead atoms. The number of amides is 1. The maximum Gasteiger partial charge on any atom is 0.261 e. The molecule has 34 heavy (non-hydrogen) atoms. The van der Waals surface area contributed by atoms with Crippen molar-refractivity contribution in [3.63, 3.8) is 0 Å². The number of nitrogens with one attached hydrogen (secondary N) is 2. The van der Waals surface area contributed by atoms with Gasteiger partial charge in [0, 0.05) is 23.8 Å². The molecule has 3 aromatic carbocycles. The monoisotopic (exact) mass is 494 g/mol. The Morgan fingerprint density at radius 2 is 1.79 bits per heavy atom. The summed E-state index contributed by atoms with van der Waals surface area (Å²) < 4.78 is 30.2. The number of anilines is 2. The number of rotatable bonds is 7. The van der Waals surface area contributed by atoms with Crippen LogP contribution in [0.2, 0.25) is 5.02 Å². The second kappa shape index (κ2) is 9.70. The molecular weight excluding hydrogens is 472 g/mol. The van der Waals surface area contributed by atoms with E-state index in [4.69, 9.17) is 11.6 Å². The molecule has 0 atom stereocenters. The van der Waals surface area contributed by atoms with Crippen molar-refractivity contribution >= 4 is 38.9 Å². The fourth-order valence-corrected chi connectivity index (χ4v) is 4.67. The second-order valence-electron chi connectivity index (χ2n) is 7.90. The van der Waals surface area contributed by atoms with Crippen LogP contribution in [0.3, 0.4) is 0 Å². The highest BCUT2D eigenvalue weighted by molar-refractivity contribution is 7.92. The van der Waals surface area contributed by atoms with Crippen LogP contribution in [0.15, 0.2) is 84.0 Å². The summed E-state index contributed by atoms with van der Waals surface area (Å²) in [6.07, 6.45) is 3.55. The first-order valence-corrected chi connectivity index (χ1v) is 12.3. The molecule has 0 aliphatic carbocycles. The zero-order valence-corrected chi connectivity index (χ0v) is 20.2. The third-order valence-electron chi connectivity index (χ3n) is 5.34. The fraction of sp³-hybridized carbons (Fsp3) is 0.120. The quantitative estimate of drug-likeness (QED) is 0.366. The van der Waals surface area contributed by atoms with Gasteiger partial charge in [0.2, 0.25) is 0 Å². The molecule has 0 fully saturated rings. The van der Waals surface area contributed by atoms with Crippen LogP contribution in [0.5, 0.6) is 0 Å². The van der Waals surface area contributed by atoms with Gasteiger partial charge in [-0.3, -0.25) is 14.2 Å². The number of halogens is 1. The lowest BCUT2D eigenvalue weighted by Gasteiger charge is -2.12. The molecule has 9 heteroatoms. The molecule has 0 spiro atoms. The number of sulfonamides is 1. The smallest absolute Gasteiger partial charge is 0.261 e. The minimum absolute atomic E-state index is 0.0575. The lowest BCUT2D eigenvalue weighted by Crippen LogP contribution is -2.16. The van der Waals surface area contributed by atoms with Crippen molar-refractivity contribution in [2.45, 2.75) is 25.3 Å². The zero-order chi connectivity index (χ0) is 24.3. The molecule has 1 aromatic heterocycles. The Balaban J connectivity index is 1.54. The first-order valence-electron chi connectivity index (χ1n) is 10.5. The van der Waals surface area contributed by atoms with E-state index in [0.717, 1.165) is 16.7 Å². The number of aryl methyl sites for hydroxylation is 2. The van der Waals surface area contributed by atoms with Gasteiger partial charge in [0.1, 0.15) is 0 Å². The maximum atomic E-state index is 13.0. The van der Waals surface area contributed by atoms with Crippen LogP contribution >= 0.6 is 11.6 Å². The van der Waals surface area contributed by atoms with E-state index in [1.807, 2.05) is 50.4 Å². The molecule has 0 aliphatic rings. The molecule has 0 aliphatic heterocycles. The van der Waals surface area contributed by atoms with Gasteiger partial charge >= 0.3 is 0 Å². The van der Waals surface area contributed by atoms with Crippen LogP contribution in [0.25, 0.3) is 0 Å². The SMILES string of the molecule is Cc1ccc(NS(=O)(=O)c2ccc(Cl)c(C(=O)Nc3cccc(Cn4cccn4)c3)c2)cc1C. The first-order chi connectivity index (χ1) is 16.2. The maximum absolute atomic E-state index is 13.0. The van der Waals surface area contributed by atoms with Crippen molar-refractivity contribution in [2.75, 3.05) is 10.0 Å². The largest absolute Gasteiger partial charge is 0.322 e. The van der Waals surface area contributed by atoms with Gasteiger partial charge in [-0.2, -0.15) is 5.10 Å². The molecule has 4 rings (SSSR count).